The molecule has 0 saturated carbocycles. The van der Waals surface area contributed by atoms with Crippen molar-refractivity contribution >= 4 is 17.3 Å². The number of anilines is 1. The first-order valence-electron chi connectivity index (χ1n) is 5.43. The number of aliphatic hydroxyl groups is 2. The van der Waals surface area contributed by atoms with Crippen molar-refractivity contribution in [2.45, 2.75) is 20.0 Å². The molecule has 0 fully saturated rings. The van der Waals surface area contributed by atoms with Crippen LogP contribution in [-0.4, -0.2) is 29.9 Å². The molecular formula is C12H18ClNO2. The van der Waals surface area contributed by atoms with Crippen molar-refractivity contribution in [1.29, 1.82) is 0 Å². The van der Waals surface area contributed by atoms with Crippen LogP contribution in [-0.2, 0) is 0 Å². The molecule has 0 unspecified atom stereocenters. The monoisotopic (exact) mass is 243 g/mol. The van der Waals surface area contributed by atoms with Gasteiger partial charge in [0.05, 0.1) is 23.4 Å². The van der Waals surface area contributed by atoms with Gasteiger partial charge in [-0.25, -0.2) is 0 Å². The highest BCUT2D eigenvalue weighted by Crippen LogP contribution is 2.28. The first-order valence-corrected chi connectivity index (χ1v) is 5.81. The number of likely N-dealkylation sites (N-methyl/N-ethyl adjacent to an activating group) is 1. The van der Waals surface area contributed by atoms with Crippen molar-refractivity contribution in [3.8, 4) is 0 Å². The lowest BCUT2D eigenvalue weighted by atomic mass is 10.1. The van der Waals surface area contributed by atoms with Gasteiger partial charge in [0.1, 0.15) is 0 Å². The zero-order chi connectivity index (χ0) is 12.1. The first kappa shape index (κ1) is 13.3. The van der Waals surface area contributed by atoms with Crippen LogP contribution >= 0.6 is 11.6 Å². The summed E-state index contributed by atoms with van der Waals surface area (Å²) in [6.45, 7) is 5.16. The lowest BCUT2D eigenvalue weighted by Gasteiger charge is -2.23. The van der Waals surface area contributed by atoms with E-state index in [1.807, 2.05) is 24.0 Å². The lowest BCUT2D eigenvalue weighted by Crippen LogP contribution is -2.26. The fraction of sp³-hybridized carbons (Fsp3) is 0.500. The van der Waals surface area contributed by atoms with Crippen LogP contribution in [0.1, 0.15) is 25.5 Å². The van der Waals surface area contributed by atoms with Crippen LogP contribution in [0, 0.1) is 0 Å². The number of nitrogens with zero attached hydrogens (tertiary/aromatic N) is 1. The highest BCUT2D eigenvalue weighted by Gasteiger charge is 2.10. The molecule has 0 aliphatic rings. The maximum atomic E-state index is 9.43. The van der Waals surface area contributed by atoms with E-state index in [4.69, 9.17) is 16.7 Å². The summed E-state index contributed by atoms with van der Waals surface area (Å²) in [6.07, 6.45) is -0.514. The number of aliphatic hydroxyl groups excluding tert-OH is 2. The van der Waals surface area contributed by atoms with Gasteiger partial charge < -0.3 is 15.1 Å². The largest absolute Gasteiger partial charge is 0.395 e. The normalized spacial score (nSPS) is 12.6. The van der Waals surface area contributed by atoms with Gasteiger partial charge in [0.15, 0.2) is 0 Å². The van der Waals surface area contributed by atoms with Crippen molar-refractivity contribution in [3.63, 3.8) is 0 Å². The minimum Gasteiger partial charge on any atom is -0.395 e. The topological polar surface area (TPSA) is 43.7 Å². The summed E-state index contributed by atoms with van der Waals surface area (Å²) in [5.74, 6) is 0. The summed E-state index contributed by atoms with van der Waals surface area (Å²) in [5, 5.41) is 19.0. The van der Waals surface area contributed by atoms with Crippen LogP contribution in [0.15, 0.2) is 18.2 Å². The van der Waals surface area contributed by atoms with Crippen molar-refractivity contribution in [3.05, 3.63) is 28.8 Å². The van der Waals surface area contributed by atoms with E-state index >= 15 is 0 Å². The highest BCUT2D eigenvalue weighted by molar-refractivity contribution is 6.33. The summed E-state index contributed by atoms with van der Waals surface area (Å²) in [5.41, 5.74) is 1.69. The minimum absolute atomic E-state index is 0.0995. The first-order chi connectivity index (χ1) is 7.60. The molecule has 0 radical (unpaired) electrons. The number of hydrogen-bond acceptors (Lipinski definition) is 3. The minimum atomic E-state index is -0.514. The van der Waals surface area contributed by atoms with E-state index in [0.717, 1.165) is 17.8 Å². The Labute approximate surface area is 101 Å². The average molecular weight is 244 g/mol. The van der Waals surface area contributed by atoms with Gasteiger partial charge >= 0.3 is 0 Å². The van der Waals surface area contributed by atoms with Crippen LogP contribution in [0.4, 0.5) is 5.69 Å². The van der Waals surface area contributed by atoms with Gasteiger partial charge in [-0.15, -0.1) is 0 Å². The Morgan fingerprint density at radius 2 is 2.12 bits per heavy atom. The summed E-state index contributed by atoms with van der Waals surface area (Å²) in [6, 6.07) is 5.50. The molecule has 1 rings (SSSR count). The van der Waals surface area contributed by atoms with E-state index in [9.17, 15) is 5.11 Å². The Morgan fingerprint density at radius 1 is 1.44 bits per heavy atom. The van der Waals surface area contributed by atoms with Crippen molar-refractivity contribution in [2.75, 3.05) is 24.6 Å². The van der Waals surface area contributed by atoms with Gasteiger partial charge in [0.25, 0.3) is 0 Å². The molecule has 1 atom stereocenters. The fourth-order valence-electron chi connectivity index (χ4n) is 1.61. The van der Waals surface area contributed by atoms with Crippen LogP contribution in [0.5, 0.6) is 0 Å². The van der Waals surface area contributed by atoms with Crippen LogP contribution in [0.2, 0.25) is 5.02 Å². The molecule has 0 aliphatic carbocycles. The van der Waals surface area contributed by atoms with Gasteiger partial charge in [0.2, 0.25) is 0 Å². The molecule has 4 heteroatoms. The second-order valence-electron chi connectivity index (χ2n) is 3.69. The van der Waals surface area contributed by atoms with E-state index in [0.29, 0.717) is 11.6 Å². The number of hydrogen-bond donors (Lipinski definition) is 2. The quantitative estimate of drug-likeness (QED) is 0.834. The standard InChI is InChI=1S/C12H18ClNO2/c1-3-14(6-7-15)12-5-4-10(9(2)16)8-11(12)13/h4-5,8-9,15-16H,3,6-7H2,1-2H3/t9-/m1/s1. The van der Waals surface area contributed by atoms with Crippen molar-refractivity contribution in [1.82, 2.24) is 0 Å². The molecule has 2 N–H and O–H groups in total. The van der Waals surface area contributed by atoms with Gasteiger partial charge in [-0.2, -0.15) is 0 Å². The second-order valence-corrected chi connectivity index (χ2v) is 4.10. The third kappa shape index (κ3) is 3.11. The second kappa shape index (κ2) is 6.09. The molecular weight excluding hydrogens is 226 g/mol. The van der Waals surface area contributed by atoms with Gasteiger partial charge in [-0.05, 0) is 31.5 Å². The van der Waals surface area contributed by atoms with Gasteiger partial charge in [-0.3, -0.25) is 0 Å². The molecule has 0 aromatic heterocycles. The maximum absolute atomic E-state index is 9.43. The molecule has 16 heavy (non-hydrogen) atoms. The molecule has 0 aliphatic heterocycles. The van der Waals surface area contributed by atoms with Gasteiger partial charge in [0, 0.05) is 13.1 Å². The molecule has 0 spiro atoms. The molecule has 1 aromatic carbocycles. The fourth-order valence-corrected chi connectivity index (χ4v) is 1.92. The van der Waals surface area contributed by atoms with E-state index < -0.39 is 6.10 Å². The predicted octanol–water partition coefficient (Wildman–Crippen LogP) is 2.21. The van der Waals surface area contributed by atoms with E-state index in [2.05, 4.69) is 0 Å². The molecule has 3 nitrogen and oxygen atoms in total. The Balaban J connectivity index is 2.96. The number of benzene rings is 1. The predicted molar refractivity (Wildman–Crippen MR) is 67.1 cm³/mol. The lowest BCUT2D eigenvalue weighted by molar-refractivity contribution is 0.199. The molecule has 90 valence electrons. The zero-order valence-electron chi connectivity index (χ0n) is 9.65. The van der Waals surface area contributed by atoms with Crippen molar-refractivity contribution < 1.29 is 10.2 Å². The van der Waals surface area contributed by atoms with Gasteiger partial charge in [-0.1, -0.05) is 17.7 Å². The molecule has 0 bridgehead atoms. The van der Waals surface area contributed by atoms with Crippen LogP contribution in [0.3, 0.4) is 0 Å². The number of halogens is 1. The third-order valence-corrected chi connectivity index (χ3v) is 2.85. The SMILES string of the molecule is CCN(CCO)c1ccc([C@@H](C)O)cc1Cl. The van der Waals surface area contributed by atoms with E-state index in [1.54, 1.807) is 13.0 Å². The molecule has 1 aromatic rings. The Bertz CT molecular complexity index is 342. The smallest absolute Gasteiger partial charge is 0.0762 e. The molecule has 0 saturated heterocycles. The van der Waals surface area contributed by atoms with Crippen molar-refractivity contribution in [2.24, 2.45) is 0 Å². The summed E-state index contributed by atoms with van der Waals surface area (Å²) in [7, 11) is 0. The summed E-state index contributed by atoms with van der Waals surface area (Å²) < 4.78 is 0. The zero-order valence-corrected chi connectivity index (χ0v) is 10.4. The summed E-state index contributed by atoms with van der Waals surface area (Å²) in [4.78, 5) is 1.99. The highest BCUT2D eigenvalue weighted by atomic mass is 35.5. The molecule has 0 heterocycles. The molecule has 0 amide bonds. The maximum Gasteiger partial charge on any atom is 0.0762 e. The van der Waals surface area contributed by atoms with E-state index in [-0.39, 0.29) is 6.61 Å². The Morgan fingerprint density at radius 3 is 2.56 bits per heavy atom. The third-order valence-electron chi connectivity index (χ3n) is 2.55. The average Bonchev–Trinajstić information content (AvgIpc) is 2.26. The van der Waals surface area contributed by atoms with Crippen LogP contribution in [0.25, 0.3) is 0 Å². The summed E-state index contributed by atoms with van der Waals surface area (Å²) >= 11 is 6.15. The van der Waals surface area contributed by atoms with E-state index in [1.165, 1.54) is 0 Å². The Hall–Kier alpha value is -0.770. The van der Waals surface area contributed by atoms with Crippen LogP contribution < -0.4 is 4.90 Å². The Kier molecular flexibility index (Phi) is 5.06. The number of rotatable bonds is 5.